The highest BCUT2D eigenvalue weighted by molar-refractivity contribution is 5.91. The van der Waals surface area contributed by atoms with E-state index in [-0.39, 0.29) is 5.78 Å². The highest BCUT2D eigenvalue weighted by Gasteiger charge is 2.30. The molecular weight excluding hydrogens is 250 g/mol. The molecule has 2 atom stereocenters. The molecule has 1 saturated heterocycles. The summed E-state index contributed by atoms with van der Waals surface area (Å²) in [5, 5.41) is 8.30. The lowest BCUT2D eigenvalue weighted by Crippen LogP contribution is -2.20. The van der Waals surface area contributed by atoms with Crippen molar-refractivity contribution < 1.29 is 4.79 Å². The van der Waals surface area contributed by atoms with Gasteiger partial charge in [-0.2, -0.15) is 5.10 Å². The van der Waals surface area contributed by atoms with Crippen LogP contribution < -0.4 is 5.32 Å². The number of aromatic nitrogens is 2. The number of hydrogen-bond acceptors (Lipinski definition) is 3. The summed E-state index contributed by atoms with van der Waals surface area (Å²) >= 11 is 0. The van der Waals surface area contributed by atoms with Crippen LogP contribution in [0.3, 0.4) is 0 Å². The van der Waals surface area contributed by atoms with E-state index in [2.05, 4.69) is 23.8 Å². The average Bonchev–Trinajstić information content (AvgIpc) is 3.05. The topological polar surface area (TPSA) is 46.9 Å². The Kier molecular flexibility index (Phi) is 3.74. The summed E-state index contributed by atoms with van der Waals surface area (Å²) in [6.45, 7) is 6.20. The molecule has 0 spiro atoms. The largest absolute Gasteiger partial charge is 0.309 e. The first-order chi connectivity index (χ1) is 9.70. The summed E-state index contributed by atoms with van der Waals surface area (Å²) in [4.78, 5) is 11.7. The first kappa shape index (κ1) is 13.6. The molecule has 4 heteroatoms. The number of nitrogens with one attached hydrogen (secondary N) is 1. The second kappa shape index (κ2) is 5.52. The van der Waals surface area contributed by atoms with Crippen LogP contribution in [0.15, 0.2) is 12.2 Å². The van der Waals surface area contributed by atoms with E-state index in [9.17, 15) is 4.79 Å². The van der Waals surface area contributed by atoms with Crippen molar-refractivity contribution in [3.8, 4) is 0 Å². The molecule has 0 aromatic carbocycles. The first-order valence-electron chi connectivity index (χ1n) is 7.70. The number of carbonyl (C=O) groups is 1. The lowest BCUT2D eigenvalue weighted by molar-refractivity contribution is -0.115. The van der Waals surface area contributed by atoms with Crippen molar-refractivity contribution in [1.29, 1.82) is 0 Å². The number of allylic oxidation sites excluding steroid dienone is 2. The van der Waals surface area contributed by atoms with E-state index in [4.69, 9.17) is 5.10 Å². The monoisotopic (exact) mass is 273 g/mol. The van der Waals surface area contributed by atoms with E-state index in [0.717, 1.165) is 25.2 Å². The van der Waals surface area contributed by atoms with Crippen molar-refractivity contribution in [3.05, 3.63) is 29.1 Å². The Morgan fingerprint density at radius 3 is 3.00 bits per heavy atom. The zero-order valence-electron chi connectivity index (χ0n) is 12.4. The Labute approximate surface area is 120 Å². The van der Waals surface area contributed by atoms with Crippen LogP contribution in [0.5, 0.6) is 0 Å². The zero-order valence-corrected chi connectivity index (χ0v) is 12.4. The molecule has 2 unspecified atom stereocenters. The van der Waals surface area contributed by atoms with Gasteiger partial charge in [-0.05, 0) is 51.6 Å². The molecule has 0 radical (unpaired) electrons. The Hall–Kier alpha value is -1.42. The molecule has 108 valence electrons. The molecule has 0 bridgehead atoms. The van der Waals surface area contributed by atoms with Crippen LogP contribution in [-0.4, -0.2) is 22.1 Å². The highest BCUT2D eigenvalue weighted by atomic mass is 16.1. The molecule has 1 aliphatic carbocycles. The van der Waals surface area contributed by atoms with Crippen LogP contribution in [-0.2, 0) is 11.3 Å². The summed E-state index contributed by atoms with van der Waals surface area (Å²) in [7, 11) is 0. The van der Waals surface area contributed by atoms with Crippen molar-refractivity contribution in [2.75, 3.05) is 6.54 Å². The predicted octanol–water partition coefficient (Wildman–Crippen LogP) is 2.64. The fourth-order valence-electron chi connectivity index (χ4n) is 3.62. The van der Waals surface area contributed by atoms with Crippen LogP contribution in [0.4, 0.5) is 0 Å². The van der Waals surface area contributed by atoms with Crippen LogP contribution >= 0.6 is 0 Å². The van der Waals surface area contributed by atoms with Gasteiger partial charge in [0, 0.05) is 24.6 Å². The lowest BCUT2D eigenvalue weighted by atomic mass is 9.84. The second-order valence-electron chi connectivity index (χ2n) is 5.85. The molecule has 1 aromatic heterocycles. The second-order valence-corrected chi connectivity index (χ2v) is 5.85. The third-order valence-electron chi connectivity index (χ3n) is 4.48. The molecule has 1 aromatic rings. The third kappa shape index (κ3) is 2.33. The van der Waals surface area contributed by atoms with Crippen LogP contribution in [0.1, 0.15) is 61.5 Å². The number of hydrogen-bond donors (Lipinski definition) is 1. The maximum Gasteiger partial charge on any atom is 0.155 e. The molecule has 1 N–H and O–H groups in total. The molecule has 2 heterocycles. The van der Waals surface area contributed by atoms with Gasteiger partial charge in [0.15, 0.2) is 5.78 Å². The minimum atomic E-state index is 0.246. The zero-order chi connectivity index (χ0) is 14.1. The highest BCUT2D eigenvalue weighted by Crippen LogP contribution is 2.37. The normalized spacial score (nSPS) is 26.4. The molecule has 3 rings (SSSR count). The molecule has 1 fully saturated rings. The minimum Gasteiger partial charge on any atom is -0.309 e. The van der Waals surface area contributed by atoms with Crippen molar-refractivity contribution in [1.82, 2.24) is 15.1 Å². The van der Waals surface area contributed by atoms with E-state index in [0.29, 0.717) is 18.4 Å². The van der Waals surface area contributed by atoms with Gasteiger partial charge in [-0.25, -0.2) is 0 Å². The van der Waals surface area contributed by atoms with Crippen molar-refractivity contribution in [3.63, 3.8) is 0 Å². The number of ketones is 1. The van der Waals surface area contributed by atoms with Crippen molar-refractivity contribution in [2.24, 2.45) is 0 Å². The van der Waals surface area contributed by atoms with Gasteiger partial charge in [-0.1, -0.05) is 6.08 Å². The summed E-state index contributed by atoms with van der Waals surface area (Å²) in [5.41, 5.74) is 3.75. The van der Waals surface area contributed by atoms with Crippen LogP contribution in [0.25, 0.3) is 0 Å². The van der Waals surface area contributed by atoms with Gasteiger partial charge >= 0.3 is 0 Å². The van der Waals surface area contributed by atoms with E-state index < -0.39 is 0 Å². The maximum absolute atomic E-state index is 11.7. The first-order valence-corrected chi connectivity index (χ1v) is 7.70. The lowest BCUT2D eigenvalue weighted by Gasteiger charge is -2.22. The predicted molar refractivity (Wildman–Crippen MR) is 78.7 cm³/mol. The molecule has 0 amide bonds. The minimum absolute atomic E-state index is 0.246. The van der Waals surface area contributed by atoms with E-state index in [1.54, 1.807) is 6.08 Å². The molecule has 4 nitrogen and oxygen atoms in total. The molecule has 20 heavy (non-hydrogen) atoms. The summed E-state index contributed by atoms with van der Waals surface area (Å²) in [6, 6.07) is 0.409. The third-order valence-corrected chi connectivity index (χ3v) is 4.48. The average molecular weight is 273 g/mol. The van der Waals surface area contributed by atoms with Gasteiger partial charge in [-0.15, -0.1) is 0 Å². The summed E-state index contributed by atoms with van der Waals surface area (Å²) in [5.74, 6) is 0.556. The smallest absolute Gasteiger partial charge is 0.155 e. The summed E-state index contributed by atoms with van der Waals surface area (Å²) < 4.78 is 2.14. The van der Waals surface area contributed by atoms with E-state index in [1.807, 2.05) is 6.08 Å². The maximum atomic E-state index is 11.7. The Bertz CT molecular complexity index is 538. The fourth-order valence-corrected chi connectivity index (χ4v) is 3.62. The number of carbonyl (C=O) groups excluding carboxylic acids is 1. The standard InChI is InChI=1S/C16H23N3O/c1-3-19-16(14-8-5-9-17-14)15(11(2)18-19)12-6-4-7-13(20)10-12/h4,7,12,14,17H,3,5-6,8-10H2,1-2H3. The van der Waals surface area contributed by atoms with E-state index in [1.165, 1.54) is 24.1 Å². The van der Waals surface area contributed by atoms with Crippen LogP contribution in [0.2, 0.25) is 0 Å². The quantitative estimate of drug-likeness (QED) is 0.921. The summed E-state index contributed by atoms with van der Waals surface area (Å²) in [6.07, 6.45) is 7.74. The van der Waals surface area contributed by atoms with Crippen molar-refractivity contribution in [2.45, 2.75) is 58.0 Å². The molecular formula is C16H23N3O. The number of aryl methyl sites for hydroxylation is 2. The SMILES string of the molecule is CCn1nc(C)c(C2CC=CC(=O)C2)c1C1CCCN1. The number of rotatable bonds is 3. The molecule has 1 aliphatic heterocycles. The van der Waals surface area contributed by atoms with E-state index >= 15 is 0 Å². The molecule has 2 aliphatic rings. The molecule has 0 saturated carbocycles. The van der Waals surface area contributed by atoms with Crippen LogP contribution in [0, 0.1) is 6.92 Å². The van der Waals surface area contributed by atoms with Gasteiger partial charge in [0.05, 0.1) is 11.4 Å². The Morgan fingerprint density at radius 1 is 1.50 bits per heavy atom. The Balaban J connectivity index is 2.02. The van der Waals surface area contributed by atoms with Gasteiger partial charge in [-0.3, -0.25) is 9.48 Å². The number of nitrogens with zero attached hydrogens (tertiary/aromatic N) is 2. The van der Waals surface area contributed by atoms with Gasteiger partial charge < -0.3 is 5.32 Å². The van der Waals surface area contributed by atoms with Crippen molar-refractivity contribution >= 4 is 5.78 Å². The Morgan fingerprint density at radius 2 is 2.35 bits per heavy atom. The fraction of sp³-hybridized carbons (Fsp3) is 0.625. The van der Waals surface area contributed by atoms with Gasteiger partial charge in [0.25, 0.3) is 0 Å². The van der Waals surface area contributed by atoms with Gasteiger partial charge in [0.1, 0.15) is 0 Å². The van der Waals surface area contributed by atoms with Gasteiger partial charge in [0.2, 0.25) is 0 Å².